The number of hydrogen-bond donors (Lipinski definition) is 2. The lowest BCUT2D eigenvalue weighted by Gasteiger charge is -2.19. The molecular formula is C17H27NO2. The van der Waals surface area contributed by atoms with Gasteiger partial charge in [0.15, 0.2) is 0 Å². The summed E-state index contributed by atoms with van der Waals surface area (Å²) >= 11 is 0. The number of benzene rings is 1. The molecule has 0 radical (unpaired) electrons. The molecule has 1 rings (SSSR count). The molecule has 2 N–H and O–H groups in total. The Labute approximate surface area is 122 Å². The molecule has 0 saturated carbocycles. The van der Waals surface area contributed by atoms with E-state index in [1.807, 2.05) is 26.0 Å². The van der Waals surface area contributed by atoms with Crippen LogP contribution in [0.2, 0.25) is 0 Å². The lowest BCUT2D eigenvalue weighted by Crippen LogP contribution is -2.41. The fraction of sp³-hybridized carbons (Fsp3) is 0.588. The second-order valence-corrected chi connectivity index (χ2v) is 5.70. The minimum Gasteiger partial charge on any atom is -0.394 e. The van der Waals surface area contributed by atoms with Crippen molar-refractivity contribution >= 4 is 5.91 Å². The third kappa shape index (κ3) is 5.74. The van der Waals surface area contributed by atoms with Gasteiger partial charge in [-0.25, -0.2) is 0 Å². The van der Waals surface area contributed by atoms with Crippen LogP contribution >= 0.6 is 0 Å². The van der Waals surface area contributed by atoms with Gasteiger partial charge in [0.25, 0.3) is 0 Å². The number of aliphatic hydroxyl groups excluding tert-OH is 1. The molecule has 0 bridgehead atoms. The molecule has 1 atom stereocenters. The number of unbranched alkanes of at least 4 members (excludes halogenated alkanes) is 1. The summed E-state index contributed by atoms with van der Waals surface area (Å²) in [4.78, 5) is 11.9. The molecule has 0 aliphatic heterocycles. The van der Waals surface area contributed by atoms with Crippen LogP contribution in [0.15, 0.2) is 24.3 Å². The molecule has 0 saturated heterocycles. The van der Waals surface area contributed by atoms with Crippen molar-refractivity contribution in [3.63, 3.8) is 0 Å². The Hall–Kier alpha value is -1.35. The number of amides is 1. The molecule has 20 heavy (non-hydrogen) atoms. The quantitative estimate of drug-likeness (QED) is 0.767. The number of carbonyl (C=O) groups is 1. The van der Waals surface area contributed by atoms with Gasteiger partial charge in [0.2, 0.25) is 5.91 Å². The average molecular weight is 277 g/mol. The molecule has 0 aliphatic rings. The Balaban J connectivity index is 2.49. The van der Waals surface area contributed by atoms with Crippen LogP contribution in [0.1, 0.15) is 44.7 Å². The fourth-order valence-electron chi connectivity index (χ4n) is 2.07. The molecule has 0 aromatic heterocycles. The molecule has 0 heterocycles. The summed E-state index contributed by atoms with van der Waals surface area (Å²) in [5.41, 5.74) is 2.34. The first-order valence-electron chi connectivity index (χ1n) is 7.54. The van der Waals surface area contributed by atoms with E-state index in [0.29, 0.717) is 6.42 Å². The van der Waals surface area contributed by atoms with Crippen LogP contribution in [-0.4, -0.2) is 23.7 Å². The second kappa shape index (κ2) is 8.75. The Morgan fingerprint density at radius 1 is 1.20 bits per heavy atom. The zero-order valence-corrected chi connectivity index (χ0v) is 12.9. The first-order valence-corrected chi connectivity index (χ1v) is 7.54. The molecule has 0 fully saturated rings. The first kappa shape index (κ1) is 16.7. The minimum atomic E-state index is -0.161. The highest BCUT2D eigenvalue weighted by atomic mass is 16.3. The molecule has 112 valence electrons. The highest BCUT2D eigenvalue weighted by Gasteiger charge is 2.15. The summed E-state index contributed by atoms with van der Waals surface area (Å²) in [5, 5.41) is 12.1. The summed E-state index contributed by atoms with van der Waals surface area (Å²) in [6, 6.07) is 8.09. The maximum atomic E-state index is 11.9. The second-order valence-electron chi connectivity index (χ2n) is 5.70. The van der Waals surface area contributed by atoms with Gasteiger partial charge >= 0.3 is 0 Å². The SMILES string of the molecule is CCCCc1ccc(CC(=O)N[C@H](CO)C(C)C)cc1. The zero-order chi connectivity index (χ0) is 15.0. The normalized spacial score (nSPS) is 12.4. The van der Waals surface area contributed by atoms with E-state index in [1.54, 1.807) is 0 Å². The van der Waals surface area contributed by atoms with Crippen LogP contribution in [0.3, 0.4) is 0 Å². The molecule has 1 aromatic rings. The lowest BCUT2D eigenvalue weighted by atomic mass is 10.0. The van der Waals surface area contributed by atoms with Crippen molar-refractivity contribution in [3.05, 3.63) is 35.4 Å². The smallest absolute Gasteiger partial charge is 0.224 e. The molecule has 0 spiro atoms. The number of rotatable bonds is 8. The maximum absolute atomic E-state index is 11.9. The molecule has 0 aliphatic carbocycles. The molecule has 0 unspecified atom stereocenters. The van der Waals surface area contributed by atoms with E-state index in [0.717, 1.165) is 12.0 Å². The third-order valence-electron chi connectivity index (χ3n) is 3.55. The van der Waals surface area contributed by atoms with Gasteiger partial charge < -0.3 is 10.4 Å². The zero-order valence-electron chi connectivity index (χ0n) is 12.9. The monoisotopic (exact) mass is 277 g/mol. The Morgan fingerprint density at radius 3 is 2.30 bits per heavy atom. The Kier molecular flexibility index (Phi) is 7.31. The van der Waals surface area contributed by atoms with Gasteiger partial charge in [0.1, 0.15) is 0 Å². The number of nitrogens with one attached hydrogen (secondary N) is 1. The van der Waals surface area contributed by atoms with Crippen molar-refractivity contribution < 1.29 is 9.90 Å². The Bertz CT molecular complexity index is 398. The summed E-state index contributed by atoms with van der Waals surface area (Å²) in [5.74, 6) is 0.208. The van der Waals surface area contributed by atoms with Crippen LogP contribution in [0.4, 0.5) is 0 Å². The van der Waals surface area contributed by atoms with Crippen molar-refractivity contribution in [2.75, 3.05) is 6.61 Å². The van der Waals surface area contributed by atoms with E-state index in [2.05, 4.69) is 24.4 Å². The molecular weight excluding hydrogens is 250 g/mol. The van der Waals surface area contributed by atoms with E-state index < -0.39 is 0 Å². The fourth-order valence-corrected chi connectivity index (χ4v) is 2.07. The topological polar surface area (TPSA) is 49.3 Å². The van der Waals surface area contributed by atoms with E-state index >= 15 is 0 Å². The first-order chi connectivity index (χ1) is 9.56. The van der Waals surface area contributed by atoms with Crippen LogP contribution in [-0.2, 0) is 17.6 Å². The highest BCUT2D eigenvalue weighted by Crippen LogP contribution is 2.09. The Morgan fingerprint density at radius 2 is 1.80 bits per heavy atom. The molecule has 1 amide bonds. The van der Waals surface area contributed by atoms with Crippen LogP contribution in [0.5, 0.6) is 0 Å². The van der Waals surface area contributed by atoms with Crippen LogP contribution < -0.4 is 5.32 Å². The van der Waals surface area contributed by atoms with Crippen molar-refractivity contribution in [3.8, 4) is 0 Å². The minimum absolute atomic E-state index is 0.0145. The summed E-state index contributed by atoms with van der Waals surface area (Å²) in [6.45, 7) is 6.15. The van der Waals surface area contributed by atoms with Crippen molar-refractivity contribution in [1.29, 1.82) is 0 Å². The largest absolute Gasteiger partial charge is 0.394 e. The highest BCUT2D eigenvalue weighted by molar-refractivity contribution is 5.78. The third-order valence-corrected chi connectivity index (χ3v) is 3.55. The van der Waals surface area contributed by atoms with Gasteiger partial charge in [-0.05, 0) is 29.9 Å². The van der Waals surface area contributed by atoms with Gasteiger partial charge in [0, 0.05) is 0 Å². The van der Waals surface area contributed by atoms with Gasteiger partial charge in [-0.15, -0.1) is 0 Å². The molecule has 3 nitrogen and oxygen atoms in total. The summed E-state index contributed by atoms with van der Waals surface area (Å²) < 4.78 is 0. The number of carbonyl (C=O) groups excluding carboxylic acids is 1. The summed E-state index contributed by atoms with van der Waals surface area (Å²) in [7, 11) is 0. The van der Waals surface area contributed by atoms with Gasteiger partial charge in [-0.2, -0.15) is 0 Å². The molecule has 1 aromatic carbocycles. The summed E-state index contributed by atoms with van der Waals surface area (Å²) in [6.07, 6.45) is 3.87. The lowest BCUT2D eigenvalue weighted by molar-refractivity contribution is -0.121. The van der Waals surface area contributed by atoms with Crippen molar-refractivity contribution in [2.45, 2.75) is 52.5 Å². The van der Waals surface area contributed by atoms with Crippen LogP contribution in [0.25, 0.3) is 0 Å². The average Bonchev–Trinajstić information content (AvgIpc) is 2.43. The van der Waals surface area contributed by atoms with E-state index in [4.69, 9.17) is 0 Å². The predicted octanol–water partition coefficient (Wildman–Crippen LogP) is 2.70. The van der Waals surface area contributed by atoms with Gasteiger partial charge in [0.05, 0.1) is 19.1 Å². The van der Waals surface area contributed by atoms with E-state index in [-0.39, 0.29) is 24.5 Å². The molecule has 3 heteroatoms. The maximum Gasteiger partial charge on any atom is 0.224 e. The van der Waals surface area contributed by atoms with Gasteiger partial charge in [-0.1, -0.05) is 51.5 Å². The number of aryl methyl sites for hydroxylation is 1. The number of hydrogen-bond acceptors (Lipinski definition) is 2. The van der Waals surface area contributed by atoms with Crippen LogP contribution in [0, 0.1) is 5.92 Å². The predicted molar refractivity (Wildman–Crippen MR) is 82.6 cm³/mol. The van der Waals surface area contributed by atoms with E-state index in [1.165, 1.54) is 18.4 Å². The van der Waals surface area contributed by atoms with Crippen molar-refractivity contribution in [2.24, 2.45) is 5.92 Å². The van der Waals surface area contributed by atoms with E-state index in [9.17, 15) is 9.90 Å². The van der Waals surface area contributed by atoms with Crippen molar-refractivity contribution in [1.82, 2.24) is 5.32 Å². The van der Waals surface area contributed by atoms with Gasteiger partial charge in [-0.3, -0.25) is 4.79 Å². The number of aliphatic hydroxyl groups is 1. The standard InChI is InChI=1S/C17H27NO2/c1-4-5-6-14-7-9-15(10-8-14)11-17(20)18-16(12-19)13(2)3/h7-10,13,16,19H,4-6,11-12H2,1-3H3,(H,18,20)/t16-/m1/s1.